The first-order valence-electron chi connectivity index (χ1n) is 5.16. The molecule has 0 spiro atoms. The Labute approximate surface area is 97.9 Å². The van der Waals surface area contributed by atoms with E-state index < -0.39 is 5.82 Å². The van der Waals surface area contributed by atoms with Gasteiger partial charge in [-0.25, -0.2) is 14.4 Å². The summed E-state index contributed by atoms with van der Waals surface area (Å²) in [6.07, 6.45) is 2.27. The van der Waals surface area contributed by atoms with Crippen LogP contribution in [0.15, 0.2) is 23.4 Å². The molecule has 6 heteroatoms. The molecule has 0 saturated carbocycles. The van der Waals surface area contributed by atoms with Gasteiger partial charge in [-0.3, -0.25) is 0 Å². The Morgan fingerprint density at radius 3 is 3.18 bits per heavy atom. The second-order valence-electron chi connectivity index (χ2n) is 3.66. The molecular weight excluding hydrogens is 225 g/mol. The van der Waals surface area contributed by atoms with Gasteiger partial charge in [0.2, 0.25) is 0 Å². The highest BCUT2D eigenvalue weighted by atomic mass is 19.1. The first kappa shape index (κ1) is 11.7. The summed E-state index contributed by atoms with van der Waals surface area (Å²) in [7, 11) is 1.52. The number of aldehydes is 1. The Bertz CT molecular complexity index is 450. The first-order chi connectivity index (χ1) is 8.26. The van der Waals surface area contributed by atoms with Crippen LogP contribution in [0, 0.1) is 11.7 Å². The monoisotopic (exact) mass is 237 g/mol. The van der Waals surface area contributed by atoms with Gasteiger partial charge in [0.25, 0.3) is 0 Å². The second-order valence-corrected chi connectivity index (χ2v) is 3.66. The van der Waals surface area contributed by atoms with Gasteiger partial charge < -0.3 is 9.53 Å². The average molecular weight is 237 g/mol. The number of nitrogens with zero attached hydrogens (tertiary/aromatic N) is 3. The molecule has 1 aromatic rings. The maximum Gasteiger partial charge on any atom is 0.185 e. The van der Waals surface area contributed by atoms with E-state index in [1.54, 1.807) is 0 Å². The Hall–Kier alpha value is -1.82. The quantitative estimate of drug-likeness (QED) is 0.729. The van der Waals surface area contributed by atoms with E-state index in [2.05, 4.69) is 10.1 Å². The van der Waals surface area contributed by atoms with Crippen molar-refractivity contribution in [2.24, 2.45) is 11.0 Å². The number of hydrazone groups is 1. The second kappa shape index (κ2) is 5.01. The molecule has 0 saturated heterocycles. The predicted molar refractivity (Wildman–Crippen MR) is 60.4 cm³/mol. The minimum absolute atomic E-state index is 0.130. The van der Waals surface area contributed by atoms with E-state index in [-0.39, 0.29) is 18.3 Å². The number of pyridine rings is 1. The molecule has 0 radical (unpaired) electrons. The molecule has 0 fully saturated rings. The van der Waals surface area contributed by atoms with Gasteiger partial charge in [0.15, 0.2) is 11.6 Å². The van der Waals surface area contributed by atoms with E-state index in [0.717, 1.165) is 6.29 Å². The maximum atomic E-state index is 13.5. The van der Waals surface area contributed by atoms with Crippen molar-refractivity contribution < 1.29 is 13.9 Å². The van der Waals surface area contributed by atoms with Gasteiger partial charge >= 0.3 is 0 Å². The van der Waals surface area contributed by atoms with E-state index in [0.29, 0.717) is 12.3 Å². The molecule has 0 aromatic carbocycles. The van der Waals surface area contributed by atoms with Crippen LogP contribution in [0.25, 0.3) is 0 Å². The van der Waals surface area contributed by atoms with Gasteiger partial charge in [-0.05, 0) is 12.1 Å². The molecule has 1 aromatic heterocycles. The zero-order valence-corrected chi connectivity index (χ0v) is 9.34. The Morgan fingerprint density at radius 2 is 2.53 bits per heavy atom. The molecule has 0 N–H and O–H groups in total. The molecule has 17 heavy (non-hydrogen) atoms. The lowest BCUT2D eigenvalue weighted by molar-refractivity contribution is -0.109. The third kappa shape index (κ3) is 2.31. The van der Waals surface area contributed by atoms with Crippen molar-refractivity contribution in [2.45, 2.75) is 0 Å². The molecule has 0 amide bonds. The third-order valence-corrected chi connectivity index (χ3v) is 2.49. The van der Waals surface area contributed by atoms with Gasteiger partial charge in [0, 0.05) is 13.3 Å². The Morgan fingerprint density at radius 1 is 1.71 bits per heavy atom. The van der Waals surface area contributed by atoms with E-state index >= 15 is 0 Å². The van der Waals surface area contributed by atoms with Crippen LogP contribution in [0.1, 0.15) is 0 Å². The summed E-state index contributed by atoms with van der Waals surface area (Å²) in [4.78, 5) is 14.8. The Kier molecular flexibility index (Phi) is 3.43. The van der Waals surface area contributed by atoms with Crippen molar-refractivity contribution in [3.05, 3.63) is 24.1 Å². The highest BCUT2D eigenvalue weighted by molar-refractivity contribution is 6.01. The number of anilines is 1. The first-order valence-corrected chi connectivity index (χ1v) is 5.16. The van der Waals surface area contributed by atoms with Crippen molar-refractivity contribution >= 4 is 17.8 Å². The molecule has 1 unspecified atom stereocenters. The molecule has 2 heterocycles. The Balaban J connectivity index is 2.25. The zero-order chi connectivity index (χ0) is 12.3. The highest BCUT2D eigenvalue weighted by Gasteiger charge is 2.28. The van der Waals surface area contributed by atoms with Crippen LogP contribution in [-0.2, 0) is 9.53 Å². The van der Waals surface area contributed by atoms with Crippen molar-refractivity contribution in [3.63, 3.8) is 0 Å². The van der Waals surface area contributed by atoms with Crippen molar-refractivity contribution in [3.8, 4) is 0 Å². The molecule has 0 bridgehead atoms. The molecule has 1 aliphatic rings. The largest absolute Gasteiger partial charge is 0.379 e. The maximum absolute atomic E-state index is 13.5. The number of carbonyl (C=O) groups excluding carboxylic acids is 1. The smallest absolute Gasteiger partial charge is 0.185 e. The van der Waals surface area contributed by atoms with E-state index in [1.165, 1.54) is 30.4 Å². The van der Waals surface area contributed by atoms with Gasteiger partial charge in [-0.2, -0.15) is 5.10 Å². The van der Waals surface area contributed by atoms with Crippen LogP contribution >= 0.6 is 0 Å². The topological polar surface area (TPSA) is 54.8 Å². The van der Waals surface area contributed by atoms with Gasteiger partial charge in [-0.15, -0.1) is 0 Å². The number of halogens is 1. The standard InChI is InChI=1S/C11H12FN3O2/c1-17-7-10-8(6-16)5-15(14-10)11-9(12)3-2-4-13-11/h2-4,6,8H,5,7H2,1H3. The average Bonchev–Trinajstić information content (AvgIpc) is 2.73. The summed E-state index contributed by atoms with van der Waals surface area (Å²) in [6.45, 7) is 0.560. The van der Waals surface area contributed by atoms with Crippen molar-refractivity contribution in [1.82, 2.24) is 4.98 Å². The number of hydrogen-bond acceptors (Lipinski definition) is 5. The fourth-order valence-corrected chi connectivity index (χ4v) is 1.67. The highest BCUT2D eigenvalue weighted by Crippen LogP contribution is 2.22. The summed E-state index contributed by atoms with van der Waals surface area (Å²) >= 11 is 0. The van der Waals surface area contributed by atoms with Crippen LogP contribution in [0.4, 0.5) is 10.2 Å². The number of aromatic nitrogens is 1. The molecule has 1 aliphatic heterocycles. The lowest BCUT2D eigenvalue weighted by Crippen LogP contribution is -2.23. The molecule has 90 valence electrons. The van der Waals surface area contributed by atoms with Gasteiger partial charge in [0.05, 0.1) is 24.8 Å². The van der Waals surface area contributed by atoms with E-state index in [4.69, 9.17) is 4.74 Å². The third-order valence-electron chi connectivity index (χ3n) is 2.49. The molecule has 2 rings (SSSR count). The summed E-state index contributed by atoms with van der Waals surface area (Å²) in [5.41, 5.74) is 0.590. The normalized spacial score (nSPS) is 19.3. The number of carbonyl (C=O) groups is 1. The fraction of sp³-hybridized carbons (Fsp3) is 0.364. The fourth-order valence-electron chi connectivity index (χ4n) is 1.67. The minimum Gasteiger partial charge on any atom is -0.379 e. The van der Waals surface area contributed by atoms with Crippen LogP contribution in [0.3, 0.4) is 0 Å². The molecule has 0 aliphatic carbocycles. The van der Waals surface area contributed by atoms with Crippen molar-refractivity contribution in [2.75, 3.05) is 25.3 Å². The van der Waals surface area contributed by atoms with E-state index in [9.17, 15) is 9.18 Å². The zero-order valence-electron chi connectivity index (χ0n) is 9.34. The summed E-state index contributed by atoms with van der Waals surface area (Å²) in [5, 5.41) is 5.54. The number of hydrogen-bond donors (Lipinski definition) is 0. The lowest BCUT2D eigenvalue weighted by atomic mass is 10.1. The minimum atomic E-state index is -0.459. The predicted octanol–water partition coefficient (Wildman–Crippen LogP) is 0.858. The van der Waals surface area contributed by atoms with E-state index in [1.807, 2.05) is 0 Å². The SMILES string of the molecule is COCC1=NN(c2ncccc2F)CC1C=O. The lowest BCUT2D eigenvalue weighted by Gasteiger charge is -2.13. The summed E-state index contributed by atoms with van der Waals surface area (Å²) in [5.74, 6) is -0.693. The van der Waals surface area contributed by atoms with Gasteiger partial charge in [-0.1, -0.05) is 0 Å². The molecular formula is C11H12FN3O2. The molecule has 5 nitrogen and oxygen atoms in total. The molecule has 1 atom stereocenters. The number of methoxy groups -OCH3 is 1. The van der Waals surface area contributed by atoms with Crippen LogP contribution < -0.4 is 5.01 Å². The number of ether oxygens (including phenoxy) is 1. The van der Waals surface area contributed by atoms with Gasteiger partial charge in [0.1, 0.15) is 6.29 Å². The summed E-state index contributed by atoms with van der Waals surface area (Å²) in [6, 6.07) is 2.81. The van der Waals surface area contributed by atoms with Crippen LogP contribution in [0.5, 0.6) is 0 Å². The summed E-state index contributed by atoms with van der Waals surface area (Å²) < 4.78 is 18.4. The van der Waals surface area contributed by atoms with Crippen LogP contribution in [-0.4, -0.2) is 37.2 Å². The van der Waals surface area contributed by atoms with Crippen LogP contribution in [0.2, 0.25) is 0 Å². The van der Waals surface area contributed by atoms with Crippen molar-refractivity contribution in [1.29, 1.82) is 0 Å². The number of rotatable bonds is 4.